The lowest BCUT2D eigenvalue weighted by atomic mass is 9.88. The number of nitrogens with one attached hydrogen (secondary N) is 1. The van der Waals surface area contributed by atoms with Gasteiger partial charge in [-0.05, 0) is 74.4 Å². The molecule has 2 nitrogen and oxygen atoms in total. The maximum absolute atomic E-state index is 5.75. The fourth-order valence-electron chi connectivity index (χ4n) is 2.65. The van der Waals surface area contributed by atoms with Gasteiger partial charge in [0.25, 0.3) is 0 Å². The molecule has 1 aromatic rings. The summed E-state index contributed by atoms with van der Waals surface area (Å²) in [5.74, 6) is 0. The van der Waals surface area contributed by atoms with Crippen molar-refractivity contribution in [3.8, 4) is 0 Å². The molecule has 0 aliphatic heterocycles. The first-order chi connectivity index (χ1) is 9.36. The van der Waals surface area contributed by atoms with Gasteiger partial charge in [-0.15, -0.1) is 0 Å². The molecule has 0 spiro atoms. The lowest BCUT2D eigenvalue weighted by Gasteiger charge is -2.18. The Labute approximate surface area is 124 Å². The van der Waals surface area contributed by atoms with Gasteiger partial charge in [0.15, 0.2) is 0 Å². The Morgan fingerprint density at radius 2 is 1.30 bits per heavy atom. The first kappa shape index (κ1) is 17.2. The van der Waals surface area contributed by atoms with Crippen molar-refractivity contribution in [2.45, 2.75) is 60.9 Å². The van der Waals surface area contributed by atoms with E-state index in [9.17, 15) is 0 Å². The average molecular weight is 277 g/mol. The van der Waals surface area contributed by atoms with Crippen molar-refractivity contribution in [3.05, 3.63) is 33.4 Å². The standard InChI is InChI=1S/C18H31NO/c1-12(2)19-9-11-20-10-8-18-16(6)14(4)13(3)15(5)17(18)7/h12,19H,8-11H2,1-7H3. The number of ether oxygens (including phenoxy) is 1. The van der Waals surface area contributed by atoms with Crippen molar-refractivity contribution >= 4 is 0 Å². The van der Waals surface area contributed by atoms with E-state index in [1.807, 2.05) is 0 Å². The Balaban J connectivity index is 2.57. The van der Waals surface area contributed by atoms with Crippen molar-refractivity contribution < 1.29 is 4.74 Å². The summed E-state index contributed by atoms with van der Waals surface area (Å²) in [5.41, 5.74) is 8.66. The third-order valence-corrected chi connectivity index (χ3v) is 4.45. The van der Waals surface area contributed by atoms with Gasteiger partial charge in [0.1, 0.15) is 0 Å². The molecule has 0 amide bonds. The van der Waals surface area contributed by atoms with Crippen LogP contribution < -0.4 is 5.32 Å². The molecule has 0 unspecified atom stereocenters. The van der Waals surface area contributed by atoms with E-state index in [1.54, 1.807) is 0 Å². The molecule has 20 heavy (non-hydrogen) atoms. The van der Waals surface area contributed by atoms with Crippen molar-refractivity contribution in [2.75, 3.05) is 19.8 Å². The van der Waals surface area contributed by atoms with Crippen LogP contribution >= 0.6 is 0 Å². The molecule has 0 saturated carbocycles. The minimum atomic E-state index is 0.533. The Hall–Kier alpha value is -0.860. The SMILES string of the molecule is Cc1c(C)c(C)c(CCOCCNC(C)C)c(C)c1C. The zero-order valence-corrected chi connectivity index (χ0v) is 14.3. The zero-order chi connectivity index (χ0) is 15.3. The number of rotatable bonds is 7. The van der Waals surface area contributed by atoms with Crippen molar-refractivity contribution in [1.29, 1.82) is 0 Å². The predicted molar refractivity (Wildman–Crippen MR) is 87.8 cm³/mol. The van der Waals surface area contributed by atoms with Crippen LogP contribution in [0.25, 0.3) is 0 Å². The minimum Gasteiger partial charge on any atom is -0.380 e. The number of benzene rings is 1. The lowest BCUT2D eigenvalue weighted by Crippen LogP contribution is -2.26. The van der Waals surface area contributed by atoms with Gasteiger partial charge in [-0.1, -0.05) is 13.8 Å². The molecule has 0 aromatic heterocycles. The summed E-state index contributed by atoms with van der Waals surface area (Å²) in [5, 5.41) is 3.37. The quantitative estimate of drug-likeness (QED) is 0.766. The van der Waals surface area contributed by atoms with Crippen LogP contribution in [0.2, 0.25) is 0 Å². The van der Waals surface area contributed by atoms with E-state index in [2.05, 4.69) is 53.8 Å². The Bertz CT molecular complexity index is 420. The molecular weight excluding hydrogens is 246 g/mol. The predicted octanol–water partition coefficient (Wildman–Crippen LogP) is 3.79. The van der Waals surface area contributed by atoms with Gasteiger partial charge in [0.05, 0.1) is 13.2 Å². The molecule has 1 rings (SSSR count). The number of hydrogen-bond acceptors (Lipinski definition) is 2. The van der Waals surface area contributed by atoms with Gasteiger partial charge in [-0.25, -0.2) is 0 Å². The highest BCUT2D eigenvalue weighted by molar-refractivity contribution is 5.49. The monoisotopic (exact) mass is 277 g/mol. The van der Waals surface area contributed by atoms with Crippen molar-refractivity contribution in [1.82, 2.24) is 5.32 Å². The molecule has 114 valence electrons. The van der Waals surface area contributed by atoms with Gasteiger partial charge in [-0.2, -0.15) is 0 Å². The highest BCUT2D eigenvalue weighted by Gasteiger charge is 2.11. The highest BCUT2D eigenvalue weighted by atomic mass is 16.5. The van der Waals surface area contributed by atoms with E-state index < -0.39 is 0 Å². The molecule has 0 heterocycles. The second-order valence-corrected chi connectivity index (χ2v) is 6.07. The van der Waals surface area contributed by atoms with E-state index in [-0.39, 0.29) is 0 Å². The van der Waals surface area contributed by atoms with Gasteiger partial charge in [-0.3, -0.25) is 0 Å². The van der Waals surface area contributed by atoms with Gasteiger partial charge in [0, 0.05) is 12.6 Å². The van der Waals surface area contributed by atoms with E-state index in [0.29, 0.717) is 6.04 Å². The fraction of sp³-hybridized carbons (Fsp3) is 0.667. The minimum absolute atomic E-state index is 0.533. The van der Waals surface area contributed by atoms with Gasteiger partial charge < -0.3 is 10.1 Å². The molecule has 0 atom stereocenters. The molecule has 0 saturated heterocycles. The maximum Gasteiger partial charge on any atom is 0.0591 e. The first-order valence-corrected chi connectivity index (χ1v) is 7.73. The average Bonchev–Trinajstić information content (AvgIpc) is 2.41. The van der Waals surface area contributed by atoms with Crippen molar-refractivity contribution in [3.63, 3.8) is 0 Å². The summed E-state index contributed by atoms with van der Waals surface area (Å²) < 4.78 is 5.75. The van der Waals surface area contributed by atoms with Crippen molar-refractivity contribution in [2.24, 2.45) is 0 Å². The van der Waals surface area contributed by atoms with E-state index >= 15 is 0 Å². The van der Waals surface area contributed by atoms with Crippen LogP contribution in [0, 0.1) is 34.6 Å². The van der Waals surface area contributed by atoms with E-state index in [1.165, 1.54) is 33.4 Å². The first-order valence-electron chi connectivity index (χ1n) is 7.73. The van der Waals surface area contributed by atoms with E-state index in [0.717, 1.165) is 26.2 Å². The summed E-state index contributed by atoms with van der Waals surface area (Å²) in [6.07, 6.45) is 1.02. The molecule has 0 bridgehead atoms. The van der Waals surface area contributed by atoms with Gasteiger partial charge >= 0.3 is 0 Å². The van der Waals surface area contributed by atoms with Crippen LogP contribution in [-0.2, 0) is 11.2 Å². The van der Waals surface area contributed by atoms with Crippen LogP contribution in [0.4, 0.5) is 0 Å². The zero-order valence-electron chi connectivity index (χ0n) is 14.3. The van der Waals surface area contributed by atoms with E-state index in [4.69, 9.17) is 4.74 Å². The normalized spacial score (nSPS) is 11.4. The molecule has 1 aromatic carbocycles. The summed E-state index contributed by atoms with van der Waals surface area (Å²) >= 11 is 0. The molecule has 2 heteroatoms. The molecular formula is C18H31NO. The molecule has 0 aliphatic rings. The summed E-state index contributed by atoms with van der Waals surface area (Å²) in [7, 11) is 0. The second kappa shape index (κ2) is 7.80. The maximum atomic E-state index is 5.75. The Morgan fingerprint density at radius 3 is 1.80 bits per heavy atom. The highest BCUT2D eigenvalue weighted by Crippen LogP contribution is 2.26. The smallest absolute Gasteiger partial charge is 0.0591 e. The van der Waals surface area contributed by atoms with Crippen LogP contribution in [0.3, 0.4) is 0 Å². The molecule has 1 N–H and O–H groups in total. The lowest BCUT2D eigenvalue weighted by molar-refractivity contribution is 0.137. The Morgan fingerprint density at radius 1 is 0.800 bits per heavy atom. The third-order valence-electron chi connectivity index (χ3n) is 4.45. The molecule has 0 aliphatic carbocycles. The molecule has 0 radical (unpaired) electrons. The molecule has 0 fully saturated rings. The summed E-state index contributed by atoms with van der Waals surface area (Å²) in [6, 6.07) is 0.533. The summed E-state index contributed by atoms with van der Waals surface area (Å²) in [4.78, 5) is 0. The largest absolute Gasteiger partial charge is 0.380 e. The second-order valence-electron chi connectivity index (χ2n) is 6.07. The van der Waals surface area contributed by atoms with Crippen LogP contribution in [0.5, 0.6) is 0 Å². The third kappa shape index (κ3) is 4.32. The topological polar surface area (TPSA) is 21.3 Å². The number of hydrogen-bond donors (Lipinski definition) is 1. The van der Waals surface area contributed by atoms with Gasteiger partial charge in [0.2, 0.25) is 0 Å². The van der Waals surface area contributed by atoms with Crippen LogP contribution in [-0.4, -0.2) is 25.8 Å². The Kier molecular flexibility index (Phi) is 6.70. The van der Waals surface area contributed by atoms with Crippen LogP contribution in [0.15, 0.2) is 0 Å². The summed E-state index contributed by atoms with van der Waals surface area (Å²) in [6.45, 7) is 18.0. The van der Waals surface area contributed by atoms with Crippen LogP contribution in [0.1, 0.15) is 47.2 Å². The fourth-order valence-corrected chi connectivity index (χ4v) is 2.65.